The largest absolute Gasteiger partial charge is 0.454 e. The van der Waals surface area contributed by atoms with Crippen LogP contribution in [0.5, 0.6) is 11.5 Å². The van der Waals surface area contributed by atoms with E-state index in [0.29, 0.717) is 28.0 Å². The number of hydrogen-bond donors (Lipinski definition) is 0. The van der Waals surface area contributed by atoms with Crippen LogP contribution >= 0.6 is 0 Å². The van der Waals surface area contributed by atoms with Gasteiger partial charge in [0.1, 0.15) is 11.6 Å². The Kier molecular flexibility index (Phi) is 5.10. The van der Waals surface area contributed by atoms with Gasteiger partial charge in [-0.3, -0.25) is 4.79 Å². The molecule has 8 heteroatoms. The van der Waals surface area contributed by atoms with Crippen molar-refractivity contribution in [3.63, 3.8) is 0 Å². The summed E-state index contributed by atoms with van der Waals surface area (Å²) < 4.78 is 58.9. The third-order valence-corrected chi connectivity index (χ3v) is 5.98. The summed E-state index contributed by atoms with van der Waals surface area (Å²) in [5.41, 5.74) is 0.657. The first-order chi connectivity index (χ1) is 14.6. The molecule has 1 aromatic heterocycles. The van der Waals surface area contributed by atoms with E-state index in [0.717, 1.165) is 18.4 Å². The molecule has 0 unspecified atom stereocenters. The molecule has 0 N–H and O–H groups in total. The Morgan fingerprint density at radius 2 is 1.55 bits per heavy atom. The second-order valence-electron chi connectivity index (χ2n) is 7.11. The third-order valence-electron chi connectivity index (χ3n) is 4.87. The monoisotopic (exact) mass is 441 g/mol. The van der Waals surface area contributed by atoms with Crippen LogP contribution in [0.4, 0.5) is 8.78 Å². The first-order valence-electron chi connectivity index (χ1n) is 9.21. The number of nitrogens with zero attached hydrogens (tertiary/aromatic N) is 1. The van der Waals surface area contributed by atoms with Crippen LogP contribution in [-0.4, -0.2) is 19.2 Å². The van der Waals surface area contributed by atoms with E-state index in [1.807, 2.05) is 0 Å². The van der Waals surface area contributed by atoms with Crippen molar-refractivity contribution in [3.05, 3.63) is 88.8 Å². The molecule has 158 valence electrons. The summed E-state index contributed by atoms with van der Waals surface area (Å²) in [4.78, 5) is 12.6. The predicted octanol–water partition coefficient (Wildman–Crippen LogP) is 4.68. The lowest BCUT2D eigenvalue weighted by Crippen LogP contribution is -2.16. The molecule has 0 radical (unpaired) electrons. The van der Waals surface area contributed by atoms with Gasteiger partial charge >= 0.3 is 0 Å². The molecular weight excluding hydrogens is 424 g/mol. The van der Waals surface area contributed by atoms with Crippen LogP contribution in [0.15, 0.2) is 76.6 Å². The number of ether oxygens (including phenoxy) is 1. The van der Waals surface area contributed by atoms with E-state index in [9.17, 15) is 22.0 Å². The number of aryl methyl sites for hydroxylation is 1. The van der Waals surface area contributed by atoms with Gasteiger partial charge in [-0.1, -0.05) is 18.2 Å². The molecule has 0 bridgehead atoms. The molecule has 5 nitrogen and oxygen atoms in total. The summed E-state index contributed by atoms with van der Waals surface area (Å²) in [5.74, 6) is -1.71. The molecule has 0 fully saturated rings. The second kappa shape index (κ2) is 7.63. The summed E-state index contributed by atoms with van der Waals surface area (Å²) in [6, 6.07) is 14.0. The zero-order valence-electron chi connectivity index (χ0n) is 16.6. The van der Waals surface area contributed by atoms with Crippen LogP contribution in [0.25, 0.3) is 21.9 Å². The molecule has 31 heavy (non-hydrogen) atoms. The number of rotatable bonds is 4. The van der Waals surface area contributed by atoms with Gasteiger partial charge in [-0.05, 0) is 41.8 Å². The standard InChI is InChI=1S/C23H17F2NO4S/c1-26-13-19(16-5-3-4-6-17(16)23(26)27)18-12-15(31(2,28)29)8-10-21(18)30-22-9-7-14(24)11-20(22)25/h3-13H,1-2H3. The summed E-state index contributed by atoms with van der Waals surface area (Å²) in [6.07, 6.45) is 2.64. The summed E-state index contributed by atoms with van der Waals surface area (Å²) in [6.45, 7) is 0. The van der Waals surface area contributed by atoms with Crippen molar-refractivity contribution in [1.82, 2.24) is 4.57 Å². The van der Waals surface area contributed by atoms with Crippen molar-refractivity contribution in [3.8, 4) is 22.6 Å². The van der Waals surface area contributed by atoms with Crippen molar-refractivity contribution in [1.29, 1.82) is 0 Å². The molecule has 0 aliphatic heterocycles. The first-order valence-corrected chi connectivity index (χ1v) is 11.1. The van der Waals surface area contributed by atoms with Crippen LogP contribution in [0, 0.1) is 11.6 Å². The van der Waals surface area contributed by atoms with Crippen molar-refractivity contribution in [2.75, 3.05) is 6.26 Å². The molecule has 0 saturated carbocycles. The lowest BCUT2D eigenvalue weighted by atomic mass is 10.00. The van der Waals surface area contributed by atoms with Crippen LogP contribution in [0.1, 0.15) is 0 Å². The zero-order chi connectivity index (χ0) is 22.3. The number of benzene rings is 3. The van der Waals surface area contributed by atoms with E-state index in [2.05, 4.69) is 0 Å². The van der Waals surface area contributed by atoms with Crippen molar-refractivity contribution < 1.29 is 21.9 Å². The molecule has 4 rings (SSSR count). The number of halogens is 2. The van der Waals surface area contributed by atoms with E-state index in [1.165, 1.54) is 22.8 Å². The molecule has 0 aliphatic rings. The SMILES string of the molecule is Cn1cc(-c2cc(S(C)(=O)=O)ccc2Oc2ccc(F)cc2F)c2ccccc2c1=O. The van der Waals surface area contributed by atoms with Gasteiger partial charge in [0.25, 0.3) is 5.56 Å². The average Bonchev–Trinajstić information content (AvgIpc) is 2.72. The van der Waals surface area contributed by atoms with E-state index in [-0.39, 0.29) is 22.0 Å². The highest BCUT2D eigenvalue weighted by molar-refractivity contribution is 7.90. The fourth-order valence-electron chi connectivity index (χ4n) is 3.35. The van der Waals surface area contributed by atoms with Crippen molar-refractivity contribution in [2.45, 2.75) is 4.90 Å². The zero-order valence-corrected chi connectivity index (χ0v) is 17.4. The highest BCUT2D eigenvalue weighted by Crippen LogP contribution is 2.38. The lowest BCUT2D eigenvalue weighted by Gasteiger charge is -2.16. The Morgan fingerprint density at radius 1 is 0.871 bits per heavy atom. The van der Waals surface area contributed by atoms with E-state index < -0.39 is 21.5 Å². The van der Waals surface area contributed by atoms with E-state index >= 15 is 0 Å². The number of hydrogen-bond acceptors (Lipinski definition) is 4. The third kappa shape index (κ3) is 3.94. The van der Waals surface area contributed by atoms with Crippen LogP contribution in [-0.2, 0) is 16.9 Å². The minimum absolute atomic E-state index is 0.0346. The van der Waals surface area contributed by atoms with Crippen LogP contribution in [0.3, 0.4) is 0 Å². The second-order valence-corrected chi connectivity index (χ2v) is 9.13. The molecule has 0 spiro atoms. The molecule has 4 aromatic rings. The van der Waals surface area contributed by atoms with Crippen LogP contribution < -0.4 is 10.3 Å². The van der Waals surface area contributed by atoms with E-state index in [1.54, 1.807) is 37.5 Å². The Bertz CT molecular complexity index is 1490. The van der Waals surface area contributed by atoms with Crippen molar-refractivity contribution in [2.24, 2.45) is 7.05 Å². The minimum atomic E-state index is -3.56. The molecular formula is C23H17F2NO4S. The summed E-state index contributed by atoms with van der Waals surface area (Å²) >= 11 is 0. The number of aromatic nitrogens is 1. The number of sulfone groups is 1. The normalized spacial score (nSPS) is 11.6. The highest BCUT2D eigenvalue weighted by Gasteiger charge is 2.18. The highest BCUT2D eigenvalue weighted by atomic mass is 32.2. The first kappa shape index (κ1) is 20.7. The van der Waals surface area contributed by atoms with Gasteiger partial charge in [-0.25, -0.2) is 17.2 Å². The Labute approximate surface area is 177 Å². The fraction of sp³-hybridized carbons (Fsp3) is 0.0870. The Morgan fingerprint density at radius 3 is 2.23 bits per heavy atom. The molecule has 0 atom stereocenters. The Hall–Kier alpha value is -3.52. The van der Waals surface area contributed by atoms with Gasteiger partial charge in [-0.15, -0.1) is 0 Å². The number of fused-ring (bicyclic) bond motifs is 1. The maximum atomic E-state index is 14.2. The fourth-order valence-corrected chi connectivity index (χ4v) is 3.99. The average molecular weight is 441 g/mol. The van der Waals surface area contributed by atoms with Gasteiger partial charge in [0.2, 0.25) is 0 Å². The van der Waals surface area contributed by atoms with Crippen molar-refractivity contribution >= 4 is 20.6 Å². The molecule has 0 saturated heterocycles. The summed E-state index contributed by atoms with van der Waals surface area (Å²) in [7, 11) is -1.97. The lowest BCUT2D eigenvalue weighted by molar-refractivity contribution is 0.438. The minimum Gasteiger partial charge on any atom is -0.454 e. The van der Waals surface area contributed by atoms with E-state index in [4.69, 9.17) is 4.74 Å². The molecule has 1 heterocycles. The predicted molar refractivity (Wildman–Crippen MR) is 114 cm³/mol. The van der Waals surface area contributed by atoms with Crippen LogP contribution in [0.2, 0.25) is 0 Å². The van der Waals surface area contributed by atoms with Gasteiger partial charge in [0.15, 0.2) is 21.4 Å². The van der Waals surface area contributed by atoms with Gasteiger partial charge in [-0.2, -0.15) is 0 Å². The number of pyridine rings is 1. The molecule has 3 aromatic carbocycles. The summed E-state index contributed by atoms with van der Waals surface area (Å²) in [5, 5.41) is 1.02. The van der Waals surface area contributed by atoms with Gasteiger partial charge in [0.05, 0.1) is 4.90 Å². The maximum Gasteiger partial charge on any atom is 0.258 e. The van der Waals surface area contributed by atoms with Gasteiger partial charge < -0.3 is 9.30 Å². The van der Waals surface area contributed by atoms with Gasteiger partial charge in [0, 0.05) is 42.1 Å². The quantitative estimate of drug-likeness (QED) is 0.461. The molecule has 0 amide bonds. The Balaban J connectivity index is 2.01. The smallest absolute Gasteiger partial charge is 0.258 e. The molecule has 0 aliphatic carbocycles. The topological polar surface area (TPSA) is 65.4 Å². The maximum absolute atomic E-state index is 14.2.